The molecule has 40 heavy (non-hydrogen) atoms. The van der Waals surface area contributed by atoms with E-state index in [1.807, 2.05) is 18.2 Å². The molecule has 0 saturated carbocycles. The van der Waals surface area contributed by atoms with Crippen LogP contribution in [0.1, 0.15) is 47.8 Å². The third-order valence-corrected chi connectivity index (χ3v) is 6.53. The smallest absolute Gasteiger partial charge is 0.243 e. The van der Waals surface area contributed by atoms with E-state index in [-0.39, 0.29) is 48.0 Å². The lowest BCUT2D eigenvalue weighted by atomic mass is 10.1. The molecule has 0 radical (unpaired) electrons. The maximum atomic E-state index is 14.2. The minimum atomic E-state index is -0.592. The van der Waals surface area contributed by atoms with E-state index in [0.717, 1.165) is 0 Å². The molecule has 0 aliphatic carbocycles. The van der Waals surface area contributed by atoms with E-state index in [4.69, 9.17) is 11.6 Å². The molecule has 4 rings (SSSR count). The molecule has 0 unspecified atom stereocenters. The molecule has 1 N–H and O–H groups in total. The molecule has 2 aromatic carbocycles. The van der Waals surface area contributed by atoms with Crippen molar-refractivity contribution in [3.8, 4) is 11.8 Å². The Morgan fingerprint density at radius 1 is 1.10 bits per heavy atom. The van der Waals surface area contributed by atoms with Crippen LogP contribution in [-0.4, -0.2) is 49.6 Å². The van der Waals surface area contributed by atoms with E-state index in [9.17, 15) is 18.8 Å². The number of ketones is 1. The van der Waals surface area contributed by atoms with Gasteiger partial charge in [0.1, 0.15) is 18.7 Å². The van der Waals surface area contributed by atoms with Gasteiger partial charge in [0.25, 0.3) is 0 Å². The number of hydrogen-bond donors (Lipinski definition) is 1. The summed E-state index contributed by atoms with van der Waals surface area (Å²) in [5.74, 6) is 4.57. The topological polar surface area (TPSA) is 97.2 Å². The Morgan fingerprint density at radius 3 is 2.52 bits per heavy atom. The molecule has 0 bridgehead atoms. The number of carbonyl (C=O) groups excluding carboxylic acids is 3. The summed E-state index contributed by atoms with van der Waals surface area (Å²) in [6.45, 7) is 4.73. The molecule has 0 aliphatic rings. The molecule has 0 spiro atoms. The predicted molar refractivity (Wildman–Crippen MR) is 150 cm³/mol. The van der Waals surface area contributed by atoms with E-state index in [0.29, 0.717) is 27.6 Å². The molecular weight excluding hydrogens is 533 g/mol. The van der Waals surface area contributed by atoms with Gasteiger partial charge in [-0.2, -0.15) is 0 Å². The van der Waals surface area contributed by atoms with E-state index in [1.165, 1.54) is 30.3 Å². The third kappa shape index (κ3) is 6.71. The summed E-state index contributed by atoms with van der Waals surface area (Å²) < 4.78 is 15.9. The second-order valence-electron chi connectivity index (χ2n) is 9.44. The average molecular weight is 560 g/mol. The zero-order valence-electron chi connectivity index (χ0n) is 22.2. The van der Waals surface area contributed by atoms with E-state index >= 15 is 0 Å². The van der Waals surface area contributed by atoms with Crippen molar-refractivity contribution in [3.05, 3.63) is 94.4 Å². The highest BCUT2D eigenvalue weighted by molar-refractivity contribution is 6.30. The lowest BCUT2D eigenvalue weighted by Crippen LogP contribution is -2.45. The van der Waals surface area contributed by atoms with Gasteiger partial charge in [0.2, 0.25) is 11.8 Å². The van der Waals surface area contributed by atoms with Crippen molar-refractivity contribution < 1.29 is 18.8 Å². The molecule has 2 amide bonds. The molecule has 2 heterocycles. The van der Waals surface area contributed by atoms with Crippen LogP contribution in [0.25, 0.3) is 10.9 Å². The Kier molecular flexibility index (Phi) is 8.92. The lowest BCUT2D eigenvalue weighted by Gasteiger charge is -2.26. The van der Waals surface area contributed by atoms with Crippen molar-refractivity contribution in [1.82, 2.24) is 24.8 Å². The normalized spacial score (nSPS) is 10.8. The Morgan fingerprint density at radius 2 is 1.82 bits per heavy atom. The molecule has 0 saturated heterocycles. The van der Waals surface area contributed by atoms with Gasteiger partial charge in [-0.3, -0.25) is 14.4 Å². The quantitative estimate of drug-likeness (QED) is 0.255. The zero-order valence-corrected chi connectivity index (χ0v) is 23.0. The summed E-state index contributed by atoms with van der Waals surface area (Å²) in [5, 5.41) is 3.29. The summed E-state index contributed by atoms with van der Waals surface area (Å²) >= 11 is 5.81. The zero-order chi connectivity index (χ0) is 28.8. The number of benzene rings is 2. The number of amides is 2. The summed E-state index contributed by atoms with van der Waals surface area (Å²) in [5.41, 5.74) is 2.76. The van der Waals surface area contributed by atoms with Crippen LogP contribution in [0.5, 0.6) is 0 Å². The highest BCUT2D eigenvalue weighted by Crippen LogP contribution is 2.24. The average Bonchev–Trinajstić information content (AvgIpc) is 3.29. The number of halogens is 2. The van der Waals surface area contributed by atoms with Gasteiger partial charge in [-0.25, -0.2) is 14.4 Å². The highest BCUT2D eigenvalue weighted by Gasteiger charge is 2.22. The maximum absolute atomic E-state index is 14.2. The van der Waals surface area contributed by atoms with Crippen LogP contribution in [0.4, 0.5) is 4.39 Å². The first kappa shape index (κ1) is 28.5. The van der Waals surface area contributed by atoms with E-state index < -0.39 is 11.7 Å². The number of carbonyl (C=O) groups is 3. The van der Waals surface area contributed by atoms with Crippen molar-refractivity contribution >= 4 is 40.1 Å². The largest absolute Gasteiger partial charge is 0.350 e. The Bertz CT molecular complexity index is 1640. The number of Topliss-reactive ketones (excluding diaryl/α,β-unsaturated/α-hetero) is 1. The fourth-order valence-corrected chi connectivity index (χ4v) is 4.37. The highest BCUT2D eigenvalue weighted by atomic mass is 35.5. The second kappa shape index (κ2) is 12.5. The van der Waals surface area contributed by atoms with Gasteiger partial charge in [0.05, 0.1) is 17.1 Å². The third-order valence-electron chi connectivity index (χ3n) is 6.24. The number of rotatable bonds is 8. The SMILES string of the molecule is CC(=O)c1cn(CC(=O)N(CC(=O)NCc2cccc(Cl)c2F)C(C)C)c2ccc(C#Cc3cncnc3)cc12. The molecule has 4 aromatic rings. The van der Waals surface area contributed by atoms with Crippen LogP contribution in [0.15, 0.2) is 61.3 Å². The van der Waals surface area contributed by atoms with Crippen LogP contribution < -0.4 is 5.32 Å². The molecule has 0 fully saturated rings. The standard InChI is InChI=1S/C30H27ClFN5O3/c1-19(2)37(16-28(39)35-14-23-5-4-6-26(31)30(23)32)29(40)17-36-15-25(20(3)38)24-11-21(9-10-27(24)36)7-8-22-12-33-18-34-13-22/h4-6,9-13,15,18-19H,14,16-17H2,1-3H3,(H,35,39). The van der Waals surface area contributed by atoms with Crippen molar-refractivity contribution in [2.24, 2.45) is 0 Å². The molecule has 0 aliphatic heterocycles. The van der Waals surface area contributed by atoms with E-state index in [1.54, 1.807) is 43.1 Å². The fraction of sp³-hybridized carbons (Fsp3) is 0.233. The van der Waals surface area contributed by atoms with Gasteiger partial charge >= 0.3 is 0 Å². The number of fused-ring (bicyclic) bond motifs is 1. The second-order valence-corrected chi connectivity index (χ2v) is 9.85. The number of nitrogens with one attached hydrogen (secondary N) is 1. The Balaban J connectivity index is 1.51. The van der Waals surface area contributed by atoms with Crippen LogP contribution in [0.3, 0.4) is 0 Å². The summed E-state index contributed by atoms with van der Waals surface area (Å²) in [6.07, 6.45) is 6.29. The Hall–Kier alpha value is -4.55. The fourth-order valence-electron chi connectivity index (χ4n) is 4.18. The van der Waals surface area contributed by atoms with Gasteiger partial charge < -0.3 is 14.8 Å². The van der Waals surface area contributed by atoms with E-state index in [2.05, 4.69) is 27.1 Å². The van der Waals surface area contributed by atoms with Crippen molar-refractivity contribution in [3.63, 3.8) is 0 Å². The van der Waals surface area contributed by atoms with Gasteiger partial charge in [-0.15, -0.1) is 0 Å². The lowest BCUT2D eigenvalue weighted by molar-refractivity contribution is -0.138. The van der Waals surface area contributed by atoms with Crippen LogP contribution >= 0.6 is 11.6 Å². The summed E-state index contributed by atoms with van der Waals surface area (Å²) in [4.78, 5) is 47.8. The molecule has 204 valence electrons. The monoisotopic (exact) mass is 559 g/mol. The van der Waals surface area contributed by atoms with Crippen molar-refractivity contribution in [2.45, 2.75) is 39.9 Å². The van der Waals surface area contributed by atoms with Crippen molar-refractivity contribution in [1.29, 1.82) is 0 Å². The van der Waals surface area contributed by atoms with Gasteiger partial charge in [-0.1, -0.05) is 35.6 Å². The minimum Gasteiger partial charge on any atom is -0.350 e. The van der Waals surface area contributed by atoms with Gasteiger partial charge in [0, 0.05) is 58.8 Å². The molecule has 2 aromatic heterocycles. The number of aromatic nitrogens is 3. The number of nitrogens with zero attached hydrogens (tertiary/aromatic N) is 4. The number of hydrogen-bond acceptors (Lipinski definition) is 5. The minimum absolute atomic E-state index is 0.0282. The van der Waals surface area contributed by atoms with Crippen molar-refractivity contribution in [2.75, 3.05) is 6.54 Å². The first-order valence-corrected chi connectivity index (χ1v) is 12.9. The first-order valence-electron chi connectivity index (χ1n) is 12.5. The van der Waals surface area contributed by atoms with Crippen LogP contribution in [-0.2, 0) is 22.7 Å². The predicted octanol–water partition coefficient (Wildman–Crippen LogP) is 4.38. The summed E-state index contributed by atoms with van der Waals surface area (Å²) in [6, 6.07) is 9.72. The Labute approximate surface area is 236 Å². The van der Waals surface area contributed by atoms with Crippen LogP contribution in [0.2, 0.25) is 5.02 Å². The van der Waals surface area contributed by atoms with Gasteiger partial charge in [-0.05, 0) is 45.0 Å². The van der Waals surface area contributed by atoms with Gasteiger partial charge in [0.15, 0.2) is 5.78 Å². The molecule has 8 nitrogen and oxygen atoms in total. The van der Waals surface area contributed by atoms with Crippen LogP contribution in [0, 0.1) is 17.7 Å². The summed E-state index contributed by atoms with van der Waals surface area (Å²) in [7, 11) is 0. The molecule has 10 heteroatoms. The molecule has 0 atom stereocenters. The molecular formula is C30H27ClFN5O3. The maximum Gasteiger partial charge on any atom is 0.243 e. The first-order chi connectivity index (χ1) is 19.1.